The summed E-state index contributed by atoms with van der Waals surface area (Å²) >= 11 is 0. The zero-order valence-electron chi connectivity index (χ0n) is 13.9. The lowest BCUT2D eigenvalue weighted by atomic mass is 10.2. The van der Waals surface area contributed by atoms with Gasteiger partial charge in [-0.25, -0.2) is 4.98 Å². The third kappa shape index (κ3) is 2.83. The Morgan fingerprint density at radius 3 is 2.58 bits per heavy atom. The SMILES string of the molecule is Cc1cccn2cc(CN3CCN(c4ccccc4O)CC3)nc12. The topological polar surface area (TPSA) is 44.0 Å². The lowest BCUT2D eigenvalue weighted by Crippen LogP contribution is -2.46. The molecule has 124 valence electrons. The molecule has 3 aromatic rings. The second kappa shape index (κ2) is 6.17. The van der Waals surface area contributed by atoms with Crippen LogP contribution in [0.15, 0.2) is 48.8 Å². The highest BCUT2D eigenvalue weighted by molar-refractivity contribution is 5.57. The van der Waals surface area contributed by atoms with Gasteiger partial charge in [-0.05, 0) is 30.7 Å². The van der Waals surface area contributed by atoms with Crippen molar-refractivity contribution in [1.82, 2.24) is 14.3 Å². The number of phenolic OH excluding ortho intramolecular Hbond substituents is 1. The van der Waals surface area contributed by atoms with Gasteiger partial charge < -0.3 is 14.4 Å². The number of piperazine rings is 1. The van der Waals surface area contributed by atoms with Crippen LogP contribution in [0.3, 0.4) is 0 Å². The van der Waals surface area contributed by atoms with Crippen LogP contribution in [0.2, 0.25) is 0 Å². The molecular formula is C19H22N4O. The minimum Gasteiger partial charge on any atom is -0.506 e. The van der Waals surface area contributed by atoms with Gasteiger partial charge in [-0.15, -0.1) is 0 Å². The predicted octanol–water partition coefficient (Wildman–Crippen LogP) is 2.67. The first-order valence-corrected chi connectivity index (χ1v) is 8.39. The molecule has 1 N–H and O–H groups in total. The zero-order chi connectivity index (χ0) is 16.5. The van der Waals surface area contributed by atoms with E-state index in [2.05, 4.69) is 45.7 Å². The molecule has 3 heterocycles. The molecule has 0 radical (unpaired) electrons. The lowest BCUT2D eigenvalue weighted by molar-refractivity contribution is 0.247. The van der Waals surface area contributed by atoms with Crippen LogP contribution in [0.25, 0.3) is 5.65 Å². The second-order valence-electron chi connectivity index (χ2n) is 6.41. The first-order valence-electron chi connectivity index (χ1n) is 8.39. The number of para-hydroxylation sites is 2. The highest BCUT2D eigenvalue weighted by Crippen LogP contribution is 2.27. The van der Waals surface area contributed by atoms with Gasteiger partial charge in [-0.3, -0.25) is 4.90 Å². The van der Waals surface area contributed by atoms with Crippen LogP contribution >= 0.6 is 0 Å². The van der Waals surface area contributed by atoms with E-state index in [0.717, 1.165) is 49.8 Å². The van der Waals surface area contributed by atoms with Crippen LogP contribution in [-0.4, -0.2) is 45.6 Å². The maximum atomic E-state index is 10.0. The quantitative estimate of drug-likeness (QED) is 0.805. The van der Waals surface area contributed by atoms with Crippen LogP contribution < -0.4 is 4.90 Å². The van der Waals surface area contributed by atoms with Gasteiger partial charge in [0.05, 0.1) is 11.4 Å². The number of aromatic nitrogens is 2. The van der Waals surface area contributed by atoms with Crippen molar-refractivity contribution in [2.75, 3.05) is 31.1 Å². The lowest BCUT2D eigenvalue weighted by Gasteiger charge is -2.36. The molecule has 1 aliphatic heterocycles. The predicted molar refractivity (Wildman–Crippen MR) is 95.5 cm³/mol. The molecule has 24 heavy (non-hydrogen) atoms. The molecule has 0 bridgehead atoms. The van der Waals surface area contributed by atoms with Crippen molar-refractivity contribution in [3.8, 4) is 5.75 Å². The molecular weight excluding hydrogens is 300 g/mol. The van der Waals surface area contributed by atoms with Crippen LogP contribution in [0.1, 0.15) is 11.3 Å². The van der Waals surface area contributed by atoms with Gasteiger partial charge in [-0.1, -0.05) is 18.2 Å². The number of fused-ring (bicyclic) bond motifs is 1. The number of aromatic hydroxyl groups is 1. The molecule has 5 nitrogen and oxygen atoms in total. The second-order valence-corrected chi connectivity index (χ2v) is 6.41. The summed E-state index contributed by atoms with van der Waals surface area (Å²) in [5, 5.41) is 10.0. The van der Waals surface area contributed by atoms with Gasteiger partial charge in [0.1, 0.15) is 11.4 Å². The van der Waals surface area contributed by atoms with E-state index in [0.29, 0.717) is 5.75 Å². The molecule has 0 unspecified atom stereocenters. The summed E-state index contributed by atoms with van der Waals surface area (Å²) in [7, 11) is 0. The molecule has 0 atom stereocenters. The van der Waals surface area contributed by atoms with Gasteiger partial charge >= 0.3 is 0 Å². The summed E-state index contributed by atoms with van der Waals surface area (Å²) in [6.07, 6.45) is 4.17. The van der Waals surface area contributed by atoms with E-state index in [4.69, 9.17) is 4.98 Å². The number of phenols is 1. The van der Waals surface area contributed by atoms with Crippen molar-refractivity contribution in [3.05, 3.63) is 60.0 Å². The van der Waals surface area contributed by atoms with Gasteiger partial charge in [0.25, 0.3) is 0 Å². The molecule has 4 rings (SSSR count). The molecule has 1 saturated heterocycles. The number of nitrogens with zero attached hydrogens (tertiary/aromatic N) is 4. The molecule has 0 saturated carbocycles. The Bertz CT molecular complexity index is 849. The van der Waals surface area contributed by atoms with Crippen molar-refractivity contribution in [1.29, 1.82) is 0 Å². The Morgan fingerprint density at radius 2 is 1.83 bits per heavy atom. The maximum absolute atomic E-state index is 10.0. The number of benzene rings is 1. The number of anilines is 1. The van der Waals surface area contributed by atoms with Gasteiger partial charge in [0.2, 0.25) is 0 Å². The molecule has 1 fully saturated rings. The summed E-state index contributed by atoms with van der Waals surface area (Å²) in [5.41, 5.74) is 4.29. The zero-order valence-corrected chi connectivity index (χ0v) is 13.9. The highest BCUT2D eigenvalue weighted by atomic mass is 16.3. The van der Waals surface area contributed by atoms with Crippen molar-refractivity contribution in [2.24, 2.45) is 0 Å². The van der Waals surface area contributed by atoms with E-state index >= 15 is 0 Å². The largest absolute Gasteiger partial charge is 0.506 e. The van der Waals surface area contributed by atoms with E-state index in [1.807, 2.05) is 18.2 Å². The fourth-order valence-electron chi connectivity index (χ4n) is 3.39. The van der Waals surface area contributed by atoms with Crippen molar-refractivity contribution < 1.29 is 5.11 Å². The Balaban J connectivity index is 1.42. The Kier molecular flexibility index (Phi) is 3.86. The number of rotatable bonds is 3. The molecule has 0 spiro atoms. The van der Waals surface area contributed by atoms with E-state index < -0.39 is 0 Å². The average molecular weight is 322 g/mol. The van der Waals surface area contributed by atoms with Crippen LogP contribution in [-0.2, 0) is 6.54 Å². The Hall–Kier alpha value is -2.53. The number of aryl methyl sites for hydroxylation is 1. The van der Waals surface area contributed by atoms with E-state index in [-0.39, 0.29) is 0 Å². The third-order valence-electron chi connectivity index (χ3n) is 4.71. The normalized spacial score (nSPS) is 16.0. The number of pyridine rings is 1. The minimum absolute atomic E-state index is 0.363. The molecule has 2 aromatic heterocycles. The summed E-state index contributed by atoms with van der Waals surface area (Å²) in [5.74, 6) is 0.363. The first-order chi connectivity index (χ1) is 11.7. The summed E-state index contributed by atoms with van der Waals surface area (Å²) in [6.45, 7) is 6.75. The number of hydrogen-bond acceptors (Lipinski definition) is 4. The fraction of sp³-hybridized carbons (Fsp3) is 0.316. The molecule has 1 aliphatic rings. The minimum atomic E-state index is 0.363. The van der Waals surface area contributed by atoms with Crippen LogP contribution in [0.5, 0.6) is 5.75 Å². The summed E-state index contributed by atoms with van der Waals surface area (Å²) in [6, 6.07) is 11.7. The van der Waals surface area contributed by atoms with Gasteiger partial charge in [-0.2, -0.15) is 0 Å². The van der Waals surface area contributed by atoms with E-state index in [9.17, 15) is 5.11 Å². The Morgan fingerprint density at radius 1 is 1.04 bits per heavy atom. The summed E-state index contributed by atoms with van der Waals surface area (Å²) < 4.78 is 2.10. The van der Waals surface area contributed by atoms with Gasteiger partial charge in [0, 0.05) is 45.1 Å². The fourth-order valence-corrected chi connectivity index (χ4v) is 3.39. The molecule has 5 heteroatoms. The first kappa shape index (κ1) is 15.0. The van der Waals surface area contributed by atoms with Crippen LogP contribution in [0.4, 0.5) is 5.69 Å². The van der Waals surface area contributed by atoms with Crippen molar-refractivity contribution in [3.63, 3.8) is 0 Å². The monoisotopic (exact) mass is 322 g/mol. The van der Waals surface area contributed by atoms with Crippen molar-refractivity contribution in [2.45, 2.75) is 13.5 Å². The van der Waals surface area contributed by atoms with E-state index in [1.54, 1.807) is 6.07 Å². The molecule has 0 amide bonds. The molecule has 1 aromatic carbocycles. The van der Waals surface area contributed by atoms with Crippen LogP contribution in [0, 0.1) is 6.92 Å². The van der Waals surface area contributed by atoms with Gasteiger partial charge in [0.15, 0.2) is 0 Å². The smallest absolute Gasteiger partial charge is 0.139 e. The number of imidazole rings is 1. The number of hydrogen-bond donors (Lipinski definition) is 1. The maximum Gasteiger partial charge on any atom is 0.139 e. The highest BCUT2D eigenvalue weighted by Gasteiger charge is 2.19. The molecule has 0 aliphatic carbocycles. The summed E-state index contributed by atoms with van der Waals surface area (Å²) in [4.78, 5) is 9.44. The Labute approximate surface area is 141 Å². The standard InChI is InChI=1S/C19H22N4O/c1-15-5-4-8-23-14-16(20-19(15)23)13-21-9-11-22(12-10-21)17-6-2-3-7-18(17)24/h2-8,14,24H,9-13H2,1H3. The van der Waals surface area contributed by atoms with Crippen molar-refractivity contribution >= 4 is 11.3 Å². The average Bonchev–Trinajstić information content (AvgIpc) is 3.00. The van der Waals surface area contributed by atoms with E-state index in [1.165, 1.54) is 5.56 Å². The third-order valence-corrected chi connectivity index (χ3v) is 4.71.